The second-order valence-electron chi connectivity index (χ2n) is 4.37. The molecule has 0 aliphatic heterocycles. The number of hydrogen-bond acceptors (Lipinski definition) is 1. The van der Waals surface area contributed by atoms with Gasteiger partial charge >= 0.3 is 0 Å². The van der Waals surface area contributed by atoms with E-state index in [-0.39, 0.29) is 0 Å². The fourth-order valence-corrected chi connectivity index (χ4v) is 2.01. The van der Waals surface area contributed by atoms with Crippen LogP contribution < -0.4 is 0 Å². The molecule has 16 heavy (non-hydrogen) atoms. The lowest BCUT2D eigenvalue weighted by atomic mass is 10.0. The molecule has 0 spiro atoms. The number of fused-ring (bicyclic) bond motifs is 1. The number of aryl methyl sites for hydroxylation is 2. The van der Waals surface area contributed by atoms with E-state index in [2.05, 4.69) is 43.3 Å². The molecular formula is C15H18O. The summed E-state index contributed by atoms with van der Waals surface area (Å²) in [4.78, 5) is 0. The molecule has 0 aromatic heterocycles. The number of rotatable bonds is 4. The topological polar surface area (TPSA) is 20.2 Å². The summed E-state index contributed by atoms with van der Waals surface area (Å²) in [5.74, 6) is 0. The minimum absolute atomic E-state index is 0.298. The van der Waals surface area contributed by atoms with Crippen molar-refractivity contribution >= 4 is 10.8 Å². The summed E-state index contributed by atoms with van der Waals surface area (Å²) in [7, 11) is 0. The maximum Gasteiger partial charge on any atom is 0.0431 e. The molecule has 0 amide bonds. The normalized spacial score (nSPS) is 10.9. The molecule has 0 saturated carbocycles. The van der Waals surface area contributed by atoms with E-state index in [4.69, 9.17) is 5.11 Å². The van der Waals surface area contributed by atoms with Crippen molar-refractivity contribution < 1.29 is 5.11 Å². The van der Waals surface area contributed by atoms with Crippen molar-refractivity contribution in [3.63, 3.8) is 0 Å². The molecule has 2 aromatic rings. The zero-order valence-electron chi connectivity index (χ0n) is 9.74. The summed E-state index contributed by atoms with van der Waals surface area (Å²) in [6.07, 6.45) is 3.02. The SMILES string of the molecule is Cc1ccc2cc(CCCCO)ccc2c1. The van der Waals surface area contributed by atoms with Gasteiger partial charge in [-0.3, -0.25) is 0 Å². The van der Waals surface area contributed by atoms with Gasteiger partial charge in [-0.2, -0.15) is 0 Å². The van der Waals surface area contributed by atoms with Crippen LogP contribution in [-0.2, 0) is 6.42 Å². The standard InChI is InChI=1S/C15H18O/c1-12-5-7-15-11-13(4-2-3-9-16)6-8-14(15)10-12/h5-8,10-11,16H,2-4,9H2,1H3. The van der Waals surface area contributed by atoms with Crippen LogP contribution in [0.1, 0.15) is 24.0 Å². The zero-order chi connectivity index (χ0) is 11.4. The predicted octanol–water partition coefficient (Wildman–Crippen LogP) is 3.46. The lowest BCUT2D eigenvalue weighted by Gasteiger charge is -2.04. The van der Waals surface area contributed by atoms with Gasteiger partial charge in [-0.15, -0.1) is 0 Å². The van der Waals surface area contributed by atoms with Crippen LogP contribution in [0.5, 0.6) is 0 Å². The Morgan fingerprint density at radius 3 is 2.50 bits per heavy atom. The van der Waals surface area contributed by atoms with E-state index in [1.807, 2.05) is 0 Å². The first kappa shape index (κ1) is 11.2. The van der Waals surface area contributed by atoms with Crippen LogP contribution in [0.4, 0.5) is 0 Å². The molecule has 2 aromatic carbocycles. The van der Waals surface area contributed by atoms with Crippen LogP contribution in [0.25, 0.3) is 10.8 Å². The number of benzene rings is 2. The second-order valence-corrected chi connectivity index (χ2v) is 4.37. The van der Waals surface area contributed by atoms with Gasteiger partial charge in [0.25, 0.3) is 0 Å². The van der Waals surface area contributed by atoms with Crippen molar-refractivity contribution in [1.29, 1.82) is 0 Å². The van der Waals surface area contributed by atoms with Gasteiger partial charge in [-0.25, -0.2) is 0 Å². The van der Waals surface area contributed by atoms with E-state index < -0.39 is 0 Å². The molecule has 0 aliphatic carbocycles. The van der Waals surface area contributed by atoms with Crippen LogP contribution >= 0.6 is 0 Å². The molecule has 0 fully saturated rings. The van der Waals surface area contributed by atoms with Gasteiger partial charge in [-0.1, -0.05) is 42.0 Å². The Balaban J connectivity index is 2.20. The molecule has 0 atom stereocenters. The molecule has 84 valence electrons. The van der Waals surface area contributed by atoms with Crippen LogP contribution in [-0.4, -0.2) is 11.7 Å². The smallest absolute Gasteiger partial charge is 0.0431 e. The molecule has 2 rings (SSSR count). The Morgan fingerprint density at radius 2 is 1.69 bits per heavy atom. The molecule has 0 radical (unpaired) electrons. The largest absolute Gasteiger partial charge is 0.396 e. The van der Waals surface area contributed by atoms with Gasteiger partial charge in [0.15, 0.2) is 0 Å². The number of hydrogen-bond donors (Lipinski definition) is 1. The summed E-state index contributed by atoms with van der Waals surface area (Å²) < 4.78 is 0. The van der Waals surface area contributed by atoms with Gasteiger partial charge in [0.05, 0.1) is 0 Å². The van der Waals surface area contributed by atoms with Gasteiger partial charge in [0, 0.05) is 6.61 Å². The first-order valence-corrected chi connectivity index (χ1v) is 5.90. The highest BCUT2D eigenvalue weighted by atomic mass is 16.2. The predicted molar refractivity (Wildman–Crippen MR) is 68.7 cm³/mol. The maximum atomic E-state index is 8.75. The van der Waals surface area contributed by atoms with Crippen LogP contribution in [0, 0.1) is 6.92 Å². The van der Waals surface area contributed by atoms with Gasteiger partial charge in [-0.05, 0) is 42.5 Å². The summed E-state index contributed by atoms with van der Waals surface area (Å²) in [6.45, 7) is 2.42. The van der Waals surface area contributed by atoms with Crippen molar-refractivity contribution in [3.8, 4) is 0 Å². The van der Waals surface area contributed by atoms with E-state index in [0.29, 0.717) is 6.61 Å². The third kappa shape index (κ3) is 2.61. The van der Waals surface area contributed by atoms with Crippen LogP contribution in [0.3, 0.4) is 0 Å². The van der Waals surface area contributed by atoms with Crippen molar-refractivity contribution in [2.75, 3.05) is 6.61 Å². The number of unbranched alkanes of at least 4 members (excludes halogenated alkanes) is 1. The Kier molecular flexibility index (Phi) is 3.58. The van der Waals surface area contributed by atoms with Crippen molar-refractivity contribution in [1.82, 2.24) is 0 Å². The fourth-order valence-electron chi connectivity index (χ4n) is 2.01. The van der Waals surface area contributed by atoms with Gasteiger partial charge < -0.3 is 5.11 Å². The fraction of sp³-hybridized carbons (Fsp3) is 0.333. The van der Waals surface area contributed by atoms with Gasteiger partial charge in [0.1, 0.15) is 0 Å². The summed E-state index contributed by atoms with van der Waals surface area (Å²) in [5.41, 5.74) is 2.67. The van der Waals surface area contributed by atoms with E-state index in [1.54, 1.807) is 0 Å². The Morgan fingerprint density at radius 1 is 0.938 bits per heavy atom. The summed E-state index contributed by atoms with van der Waals surface area (Å²) in [6, 6.07) is 13.2. The second kappa shape index (κ2) is 5.13. The first-order chi connectivity index (χ1) is 7.79. The van der Waals surface area contributed by atoms with E-state index in [0.717, 1.165) is 19.3 Å². The summed E-state index contributed by atoms with van der Waals surface area (Å²) in [5, 5.41) is 11.4. The Labute approximate surface area is 96.7 Å². The van der Waals surface area contributed by atoms with Crippen LogP contribution in [0.2, 0.25) is 0 Å². The number of aliphatic hydroxyl groups is 1. The molecule has 0 saturated heterocycles. The molecule has 0 aliphatic rings. The third-order valence-electron chi connectivity index (χ3n) is 2.93. The molecule has 0 unspecified atom stereocenters. The maximum absolute atomic E-state index is 8.75. The van der Waals surface area contributed by atoms with Crippen molar-refractivity contribution in [3.05, 3.63) is 47.5 Å². The zero-order valence-corrected chi connectivity index (χ0v) is 9.74. The van der Waals surface area contributed by atoms with Crippen LogP contribution in [0.15, 0.2) is 36.4 Å². The van der Waals surface area contributed by atoms with Gasteiger partial charge in [0.2, 0.25) is 0 Å². The third-order valence-corrected chi connectivity index (χ3v) is 2.93. The highest BCUT2D eigenvalue weighted by molar-refractivity contribution is 5.83. The minimum Gasteiger partial charge on any atom is -0.396 e. The molecule has 1 heteroatoms. The average Bonchev–Trinajstić information content (AvgIpc) is 2.29. The van der Waals surface area contributed by atoms with E-state index in [1.165, 1.54) is 21.9 Å². The molecule has 0 bridgehead atoms. The highest BCUT2D eigenvalue weighted by Crippen LogP contribution is 2.18. The highest BCUT2D eigenvalue weighted by Gasteiger charge is 1.97. The Bertz CT molecular complexity index is 474. The lowest BCUT2D eigenvalue weighted by Crippen LogP contribution is -1.88. The molecule has 1 nitrogen and oxygen atoms in total. The quantitative estimate of drug-likeness (QED) is 0.773. The first-order valence-electron chi connectivity index (χ1n) is 5.90. The van der Waals surface area contributed by atoms with Crippen molar-refractivity contribution in [2.24, 2.45) is 0 Å². The summed E-state index contributed by atoms with van der Waals surface area (Å²) >= 11 is 0. The van der Waals surface area contributed by atoms with E-state index in [9.17, 15) is 0 Å². The van der Waals surface area contributed by atoms with Crippen molar-refractivity contribution in [2.45, 2.75) is 26.2 Å². The lowest BCUT2D eigenvalue weighted by molar-refractivity contribution is 0.284. The molecule has 1 N–H and O–H groups in total. The molecule has 0 heterocycles. The molecular weight excluding hydrogens is 196 g/mol. The minimum atomic E-state index is 0.298. The average molecular weight is 214 g/mol. The Hall–Kier alpha value is -1.34. The monoisotopic (exact) mass is 214 g/mol. The number of aliphatic hydroxyl groups excluding tert-OH is 1. The van der Waals surface area contributed by atoms with E-state index >= 15 is 0 Å².